The van der Waals surface area contributed by atoms with E-state index in [-0.39, 0.29) is 30.0 Å². The minimum atomic E-state index is -0.233. The molecule has 2 saturated heterocycles. The smallest absolute Gasteiger partial charge is 0.223 e. The molecule has 2 fully saturated rings. The molecule has 122 valence electrons. The maximum Gasteiger partial charge on any atom is 0.223 e. The van der Waals surface area contributed by atoms with Crippen molar-refractivity contribution >= 4 is 18.3 Å². The average Bonchev–Trinajstić information content (AvgIpc) is 2.78. The number of nitrogens with one attached hydrogen (secondary N) is 1. The lowest BCUT2D eigenvalue weighted by Gasteiger charge is -2.25. The van der Waals surface area contributed by atoms with Crippen LogP contribution in [0.25, 0.3) is 0 Å². The van der Waals surface area contributed by atoms with Crippen molar-refractivity contribution in [3.8, 4) is 0 Å². The van der Waals surface area contributed by atoms with Gasteiger partial charge in [0.15, 0.2) is 0 Å². The number of amides is 1. The molecule has 1 aromatic carbocycles. The van der Waals surface area contributed by atoms with E-state index in [2.05, 4.69) is 5.32 Å². The van der Waals surface area contributed by atoms with Crippen LogP contribution in [0.5, 0.6) is 0 Å². The van der Waals surface area contributed by atoms with Crippen LogP contribution in [0.1, 0.15) is 44.1 Å². The zero-order valence-corrected chi connectivity index (χ0v) is 13.7. The van der Waals surface area contributed by atoms with Gasteiger partial charge in [-0.3, -0.25) is 4.79 Å². The van der Waals surface area contributed by atoms with Crippen LogP contribution in [0.2, 0.25) is 0 Å². The molecule has 2 aliphatic heterocycles. The lowest BCUT2D eigenvalue weighted by atomic mass is 9.96. The van der Waals surface area contributed by atoms with E-state index in [1.807, 2.05) is 17.9 Å². The number of halogens is 2. The maximum absolute atomic E-state index is 13.3. The Kier molecular flexibility index (Phi) is 5.81. The van der Waals surface area contributed by atoms with Crippen molar-refractivity contribution in [3.05, 3.63) is 35.6 Å². The van der Waals surface area contributed by atoms with E-state index in [0.29, 0.717) is 18.5 Å². The fourth-order valence-electron chi connectivity index (χ4n) is 3.49. The fraction of sp³-hybridized carbons (Fsp3) is 0.588. The standard InChI is InChI=1S/C17H23FN2O.ClH/c1-12(13-3-2-4-14(18)10-13)9-17(21)20-8-7-15-5-6-16(11-20)19-15;/h2-4,10,12,15-16,19H,5-9,11H2,1H3;1H. The number of hydrogen-bond acceptors (Lipinski definition) is 2. The van der Waals surface area contributed by atoms with Crippen LogP contribution in [0.4, 0.5) is 4.39 Å². The van der Waals surface area contributed by atoms with E-state index in [1.165, 1.54) is 25.0 Å². The molecule has 1 amide bonds. The van der Waals surface area contributed by atoms with Crippen LogP contribution in [0.3, 0.4) is 0 Å². The molecule has 0 saturated carbocycles. The third-order valence-corrected chi connectivity index (χ3v) is 4.77. The number of carbonyl (C=O) groups excluding carboxylic acids is 1. The first-order valence-corrected chi connectivity index (χ1v) is 7.91. The van der Waals surface area contributed by atoms with Gasteiger partial charge < -0.3 is 10.2 Å². The van der Waals surface area contributed by atoms with Crippen LogP contribution in [-0.4, -0.2) is 36.0 Å². The Balaban J connectivity index is 0.00000176. The lowest BCUT2D eigenvalue weighted by molar-refractivity contribution is -0.131. The lowest BCUT2D eigenvalue weighted by Crippen LogP contribution is -2.39. The molecular formula is C17H24ClFN2O. The van der Waals surface area contributed by atoms with Gasteiger partial charge in [0.25, 0.3) is 0 Å². The largest absolute Gasteiger partial charge is 0.341 e. The highest BCUT2D eigenvalue weighted by Gasteiger charge is 2.31. The molecule has 3 nitrogen and oxygen atoms in total. The number of rotatable bonds is 3. The van der Waals surface area contributed by atoms with E-state index in [0.717, 1.165) is 25.1 Å². The SMILES string of the molecule is CC(CC(=O)N1CCC2CCC(C1)N2)c1cccc(F)c1.Cl. The minimum Gasteiger partial charge on any atom is -0.341 e. The maximum atomic E-state index is 13.3. The number of nitrogens with zero attached hydrogens (tertiary/aromatic N) is 1. The van der Waals surface area contributed by atoms with Crippen LogP contribution >= 0.6 is 12.4 Å². The first kappa shape index (κ1) is 17.2. The first-order valence-electron chi connectivity index (χ1n) is 7.91. The van der Waals surface area contributed by atoms with E-state index in [9.17, 15) is 9.18 Å². The minimum absolute atomic E-state index is 0. The predicted molar refractivity (Wildman–Crippen MR) is 87.8 cm³/mol. The summed E-state index contributed by atoms with van der Waals surface area (Å²) in [5.74, 6) is 0.0193. The second kappa shape index (κ2) is 7.42. The van der Waals surface area contributed by atoms with Gasteiger partial charge in [-0.25, -0.2) is 4.39 Å². The molecule has 1 N–H and O–H groups in total. The zero-order chi connectivity index (χ0) is 14.8. The van der Waals surface area contributed by atoms with Crippen molar-refractivity contribution in [1.82, 2.24) is 10.2 Å². The summed E-state index contributed by atoms with van der Waals surface area (Å²) in [5.41, 5.74) is 0.901. The molecule has 3 atom stereocenters. The van der Waals surface area contributed by atoms with E-state index in [4.69, 9.17) is 0 Å². The van der Waals surface area contributed by atoms with Gasteiger partial charge in [-0.05, 0) is 42.9 Å². The summed E-state index contributed by atoms with van der Waals surface area (Å²) < 4.78 is 13.3. The Morgan fingerprint density at radius 2 is 2.14 bits per heavy atom. The molecule has 3 unspecified atom stereocenters. The number of hydrogen-bond donors (Lipinski definition) is 1. The summed E-state index contributed by atoms with van der Waals surface area (Å²) in [6, 6.07) is 7.63. The average molecular weight is 327 g/mol. The van der Waals surface area contributed by atoms with Crippen LogP contribution in [0.15, 0.2) is 24.3 Å². The number of carbonyl (C=O) groups is 1. The highest BCUT2D eigenvalue weighted by Crippen LogP contribution is 2.24. The van der Waals surface area contributed by atoms with Crippen molar-refractivity contribution in [2.45, 2.75) is 50.6 Å². The third-order valence-electron chi connectivity index (χ3n) is 4.77. The van der Waals surface area contributed by atoms with Gasteiger partial charge in [0.2, 0.25) is 5.91 Å². The first-order chi connectivity index (χ1) is 10.1. The van der Waals surface area contributed by atoms with E-state index in [1.54, 1.807) is 6.07 Å². The molecule has 5 heteroatoms. The van der Waals surface area contributed by atoms with Crippen LogP contribution in [-0.2, 0) is 4.79 Å². The van der Waals surface area contributed by atoms with Gasteiger partial charge in [-0.15, -0.1) is 12.4 Å². The quantitative estimate of drug-likeness (QED) is 0.925. The van der Waals surface area contributed by atoms with Crippen LogP contribution in [0, 0.1) is 5.82 Å². The van der Waals surface area contributed by atoms with Gasteiger partial charge >= 0.3 is 0 Å². The molecule has 2 bridgehead atoms. The fourth-order valence-corrected chi connectivity index (χ4v) is 3.49. The second-order valence-electron chi connectivity index (χ2n) is 6.43. The normalized spacial score (nSPS) is 25.3. The van der Waals surface area contributed by atoms with E-state index < -0.39 is 0 Å². The van der Waals surface area contributed by atoms with Crippen molar-refractivity contribution in [2.75, 3.05) is 13.1 Å². The Morgan fingerprint density at radius 1 is 1.36 bits per heavy atom. The Morgan fingerprint density at radius 3 is 2.91 bits per heavy atom. The van der Waals surface area contributed by atoms with Crippen molar-refractivity contribution < 1.29 is 9.18 Å². The number of likely N-dealkylation sites (tertiary alicyclic amines) is 1. The molecule has 2 aliphatic rings. The summed E-state index contributed by atoms with van der Waals surface area (Å²) in [7, 11) is 0. The molecule has 0 aliphatic carbocycles. The third kappa shape index (κ3) is 3.99. The van der Waals surface area contributed by atoms with Crippen LogP contribution < -0.4 is 5.32 Å². The summed E-state index contributed by atoms with van der Waals surface area (Å²) >= 11 is 0. The number of fused-ring (bicyclic) bond motifs is 2. The summed E-state index contributed by atoms with van der Waals surface area (Å²) in [6.07, 6.45) is 3.93. The zero-order valence-electron chi connectivity index (χ0n) is 12.9. The van der Waals surface area contributed by atoms with Gasteiger partial charge in [0, 0.05) is 31.6 Å². The monoisotopic (exact) mass is 326 g/mol. The highest BCUT2D eigenvalue weighted by molar-refractivity contribution is 5.85. The Hall–Kier alpha value is -1.13. The summed E-state index contributed by atoms with van der Waals surface area (Å²) in [6.45, 7) is 3.67. The summed E-state index contributed by atoms with van der Waals surface area (Å²) in [5, 5.41) is 3.59. The Labute approximate surface area is 137 Å². The van der Waals surface area contributed by atoms with Gasteiger partial charge in [-0.2, -0.15) is 0 Å². The molecule has 0 spiro atoms. The van der Waals surface area contributed by atoms with Gasteiger partial charge in [-0.1, -0.05) is 19.1 Å². The van der Waals surface area contributed by atoms with E-state index >= 15 is 0 Å². The topological polar surface area (TPSA) is 32.3 Å². The van der Waals surface area contributed by atoms with Crippen molar-refractivity contribution in [2.24, 2.45) is 0 Å². The van der Waals surface area contributed by atoms with Gasteiger partial charge in [0.1, 0.15) is 5.82 Å². The molecule has 3 rings (SSSR count). The molecule has 0 radical (unpaired) electrons. The van der Waals surface area contributed by atoms with Gasteiger partial charge in [0.05, 0.1) is 0 Å². The molecule has 22 heavy (non-hydrogen) atoms. The van der Waals surface area contributed by atoms with Crippen molar-refractivity contribution in [1.29, 1.82) is 0 Å². The molecule has 1 aromatic rings. The predicted octanol–water partition coefficient (Wildman–Crippen LogP) is 3.09. The molecule has 0 aromatic heterocycles. The molecular weight excluding hydrogens is 303 g/mol. The Bertz CT molecular complexity index is 525. The summed E-state index contributed by atoms with van der Waals surface area (Å²) in [4.78, 5) is 14.5. The number of benzene rings is 1. The molecule has 2 heterocycles. The highest BCUT2D eigenvalue weighted by atomic mass is 35.5. The van der Waals surface area contributed by atoms with Crippen molar-refractivity contribution in [3.63, 3.8) is 0 Å². The second-order valence-corrected chi connectivity index (χ2v) is 6.43.